The second-order valence-corrected chi connectivity index (χ2v) is 8.57. The van der Waals surface area contributed by atoms with Crippen LogP contribution in [0, 0.1) is 23.2 Å². The van der Waals surface area contributed by atoms with Crippen LogP contribution in [0.5, 0.6) is 0 Å². The summed E-state index contributed by atoms with van der Waals surface area (Å²) < 4.78 is 0. The second kappa shape index (κ2) is 4.69. The minimum Gasteiger partial charge on any atom is -0.299 e. The molecule has 0 N–H and O–H groups in total. The third-order valence-electron chi connectivity index (χ3n) is 7.74. The van der Waals surface area contributed by atoms with Crippen LogP contribution in [0.3, 0.4) is 0 Å². The minimum absolute atomic E-state index is 0.278. The van der Waals surface area contributed by atoms with E-state index in [9.17, 15) is 4.79 Å². The van der Waals surface area contributed by atoms with E-state index < -0.39 is 0 Å². The van der Waals surface area contributed by atoms with E-state index in [4.69, 9.17) is 0 Å². The molecule has 0 spiro atoms. The van der Waals surface area contributed by atoms with Crippen molar-refractivity contribution < 1.29 is 4.79 Å². The van der Waals surface area contributed by atoms with Crippen molar-refractivity contribution in [2.24, 2.45) is 23.2 Å². The lowest BCUT2D eigenvalue weighted by Gasteiger charge is -2.61. The molecule has 22 heavy (non-hydrogen) atoms. The van der Waals surface area contributed by atoms with E-state index in [0.717, 1.165) is 18.8 Å². The zero-order valence-electron chi connectivity index (χ0n) is 14.2. The van der Waals surface area contributed by atoms with Crippen LogP contribution in [-0.4, -0.2) is 5.78 Å². The molecule has 2 saturated carbocycles. The predicted molar refractivity (Wildman–Crippen MR) is 89.8 cm³/mol. The van der Waals surface area contributed by atoms with E-state index in [1.165, 1.54) is 25.7 Å². The topological polar surface area (TPSA) is 17.1 Å². The quantitative estimate of drug-likeness (QED) is 0.664. The first-order valence-electron chi connectivity index (χ1n) is 9.08. The number of fused-ring (bicyclic) bond motifs is 5. The maximum absolute atomic E-state index is 12.2. The Morgan fingerprint density at radius 3 is 2.64 bits per heavy atom. The molecule has 5 atom stereocenters. The smallest absolute Gasteiger partial charge is 0.136 e. The lowest BCUT2D eigenvalue weighted by molar-refractivity contribution is -0.140. The highest BCUT2D eigenvalue weighted by atomic mass is 16.1. The van der Waals surface area contributed by atoms with Gasteiger partial charge in [0.2, 0.25) is 0 Å². The van der Waals surface area contributed by atoms with Crippen molar-refractivity contribution in [3.05, 3.63) is 35.4 Å². The highest BCUT2D eigenvalue weighted by Crippen LogP contribution is 2.63. The monoisotopic (exact) mass is 296 g/mol. The number of hydrogen-bond acceptors (Lipinski definition) is 1. The number of Topliss-reactive ketones (excluding diaryl/α,β-unsaturated/α-hetero) is 1. The summed E-state index contributed by atoms with van der Waals surface area (Å²) in [4.78, 5) is 12.2. The molecular formula is C21H28O. The first-order chi connectivity index (χ1) is 10.5. The number of hydrogen-bond donors (Lipinski definition) is 0. The summed E-state index contributed by atoms with van der Waals surface area (Å²) in [6, 6.07) is 9.12. The molecule has 118 valence electrons. The van der Waals surface area contributed by atoms with Gasteiger partial charge in [0.25, 0.3) is 0 Å². The Morgan fingerprint density at radius 2 is 1.82 bits per heavy atom. The molecule has 0 unspecified atom stereocenters. The molecular weight excluding hydrogens is 268 g/mol. The van der Waals surface area contributed by atoms with Gasteiger partial charge < -0.3 is 0 Å². The van der Waals surface area contributed by atoms with E-state index in [-0.39, 0.29) is 5.92 Å². The zero-order valence-corrected chi connectivity index (χ0v) is 14.2. The highest BCUT2D eigenvalue weighted by molar-refractivity contribution is 5.82. The van der Waals surface area contributed by atoms with E-state index in [1.54, 1.807) is 11.1 Å². The zero-order chi connectivity index (χ0) is 15.5. The largest absolute Gasteiger partial charge is 0.299 e. The van der Waals surface area contributed by atoms with Gasteiger partial charge in [-0.1, -0.05) is 45.0 Å². The Balaban J connectivity index is 1.79. The summed E-state index contributed by atoms with van der Waals surface area (Å²) in [7, 11) is 0. The molecule has 2 fully saturated rings. The van der Waals surface area contributed by atoms with Gasteiger partial charge in [0.15, 0.2) is 0 Å². The summed E-state index contributed by atoms with van der Waals surface area (Å²) in [5, 5.41) is 0. The van der Waals surface area contributed by atoms with Crippen LogP contribution in [0.15, 0.2) is 24.3 Å². The maximum atomic E-state index is 12.2. The van der Waals surface area contributed by atoms with Crippen molar-refractivity contribution in [3.8, 4) is 0 Å². The van der Waals surface area contributed by atoms with Crippen molar-refractivity contribution in [2.45, 2.75) is 64.7 Å². The Morgan fingerprint density at radius 1 is 1.05 bits per heavy atom. The van der Waals surface area contributed by atoms with Gasteiger partial charge in [-0.15, -0.1) is 0 Å². The number of carbonyl (C=O) groups excluding carboxylic acids is 1. The van der Waals surface area contributed by atoms with Crippen LogP contribution < -0.4 is 0 Å². The minimum atomic E-state index is 0.278. The average molecular weight is 296 g/mol. The van der Waals surface area contributed by atoms with Crippen LogP contribution in [0.25, 0.3) is 0 Å². The number of benzene rings is 1. The summed E-state index contributed by atoms with van der Waals surface area (Å²) >= 11 is 0. The van der Waals surface area contributed by atoms with E-state index in [2.05, 4.69) is 45.0 Å². The fourth-order valence-electron chi connectivity index (χ4n) is 6.54. The lowest BCUT2D eigenvalue weighted by Crippen LogP contribution is -2.56. The molecule has 3 aliphatic rings. The Bertz CT molecular complexity index is 618. The first-order valence-corrected chi connectivity index (χ1v) is 9.08. The van der Waals surface area contributed by atoms with Gasteiger partial charge in [-0.25, -0.2) is 0 Å². The number of rotatable bonds is 0. The second-order valence-electron chi connectivity index (χ2n) is 8.57. The van der Waals surface area contributed by atoms with Crippen LogP contribution in [0.1, 0.15) is 64.0 Å². The molecule has 3 aliphatic carbocycles. The van der Waals surface area contributed by atoms with Gasteiger partial charge in [0.05, 0.1) is 0 Å². The first kappa shape index (κ1) is 14.5. The molecule has 1 heteroatoms. The molecule has 0 aromatic heterocycles. The van der Waals surface area contributed by atoms with Crippen molar-refractivity contribution in [1.29, 1.82) is 0 Å². The molecule has 0 bridgehead atoms. The fourth-order valence-corrected chi connectivity index (χ4v) is 6.54. The lowest BCUT2D eigenvalue weighted by atomic mass is 9.43. The van der Waals surface area contributed by atoms with Gasteiger partial charge in [-0.05, 0) is 65.9 Å². The van der Waals surface area contributed by atoms with Gasteiger partial charge in [0.1, 0.15) is 5.78 Å². The van der Waals surface area contributed by atoms with Crippen LogP contribution in [-0.2, 0) is 16.6 Å². The average Bonchev–Trinajstić information content (AvgIpc) is 2.51. The van der Waals surface area contributed by atoms with Crippen LogP contribution >= 0.6 is 0 Å². The van der Waals surface area contributed by atoms with Gasteiger partial charge in [-0.2, -0.15) is 0 Å². The fraction of sp³-hybridized carbons (Fsp3) is 0.667. The maximum Gasteiger partial charge on any atom is 0.136 e. The van der Waals surface area contributed by atoms with E-state index in [0.29, 0.717) is 22.5 Å². The van der Waals surface area contributed by atoms with Crippen molar-refractivity contribution in [2.75, 3.05) is 0 Å². The van der Waals surface area contributed by atoms with E-state index >= 15 is 0 Å². The third-order valence-corrected chi connectivity index (χ3v) is 7.74. The predicted octanol–water partition coefficient (Wildman–Crippen LogP) is 4.92. The highest BCUT2D eigenvalue weighted by Gasteiger charge is 2.58. The van der Waals surface area contributed by atoms with Crippen molar-refractivity contribution in [3.63, 3.8) is 0 Å². The van der Waals surface area contributed by atoms with Gasteiger partial charge >= 0.3 is 0 Å². The third kappa shape index (κ3) is 1.74. The molecule has 0 amide bonds. The summed E-state index contributed by atoms with van der Waals surface area (Å²) in [6.07, 6.45) is 6.94. The summed E-state index contributed by atoms with van der Waals surface area (Å²) in [5.41, 5.74) is 3.85. The standard InChI is InChI=1S/C21H28O/c1-14-16-10-12-21(3)17-7-5-4-6-15(17)8-9-19(21)20(16,2)13-11-18(14)22/h4-7,14,16,19H,8-13H2,1-3H3/t14-,16-,19+,20-,21-/m1/s1. The van der Waals surface area contributed by atoms with Crippen molar-refractivity contribution in [1.82, 2.24) is 0 Å². The number of aryl methyl sites for hydroxylation is 1. The number of ketones is 1. The molecule has 1 aromatic carbocycles. The Labute approximate surface area is 134 Å². The summed E-state index contributed by atoms with van der Waals surface area (Å²) in [6.45, 7) is 7.22. The van der Waals surface area contributed by atoms with Gasteiger partial charge in [-0.3, -0.25) is 4.79 Å². The Hall–Kier alpha value is -1.11. The summed E-state index contributed by atoms with van der Waals surface area (Å²) in [5.74, 6) is 2.14. The molecule has 1 aromatic rings. The molecule has 0 heterocycles. The Kier molecular flexibility index (Phi) is 3.09. The van der Waals surface area contributed by atoms with Gasteiger partial charge in [0, 0.05) is 12.3 Å². The number of carbonyl (C=O) groups is 1. The van der Waals surface area contributed by atoms with E-state index in [1.807, 2.05) is 0 Å². The van der Waals surface area contributed by atoms with Crippen LogP contribution in [0.2, 0.25) is 0 Å². The van der Waals surface area contributed by atoms with Crippen LogP contribution in [0.4, 0.5) is 0 Å². The molecule has 0 saturated heterocycles. The van der Waals surface area contributed by atoms with Crippen molar-refractivity contribution >= 4 is 5.78 Å². The molecule has 4 rings (SSSR count). The molecule has 0 aliphatic heterocycles. The molecule has 0 radical (unpaired) electrons. The normalized spacial score (nSPS) is 44.0. The molecule has 1 nitrogen and oxygen atoms in total. The SMILES string of the molecule is C[C@H]1C(=O)CC[C@]2(C)[C@@H]1CC[C@]1(C)c3ccccc3CC[C@@H]21.